The Morgan fingerprint density at radius 3 is 2.24 bits per heavy atom. The van der Waals surface area contributed by atoms with Gasteiger partial charge in [-0.05, 0) is 71.6 Å². The van der Waals surface area contributed by atoms with Gasteiger partial charge in [-0.25, -0.2) is 0 Å². The molecule has 4 nitrogen and oxygen atoms in total. The number of benzene rings is 1. The molecule has 0 amide bonds. The van der Waals surface area contributed by atoms with E-state index in [1.165, 1.54) is 12.7 Å². The summed E-state index contributed by atoms with van der Waals surface area (Å²) >= 11 is 0. The van der Waals surface area contributed by atoms with Gasteiger partial charge in [0.05, 0.1) is 6.26 Å². The maximum Gasteiger partial charge on any atom is 0.122 e. The van der Waals surface area contributed by atoms with Gasteiger partial charge in [0.25, 0.3) is 0 Å². The summed E-state index contributed by atoms with van der Waals surface area (Å²) in [7, 11) is 0. The fourth-order valence-corrected chi connectivity index (χ4v) is 3.61. The minimum Gasteiger partial charge on any atom is -0.498 e. The van der Waals surface area contributed by atoms with Crippen molar-refractivity contribution in [3.8, 4) is 5.75 Å². The topological polar surface area (TPSA) is 30.9 Å². The summed E-state index contributed by atoms with van der Waals surface area (Å²) in [4.78, 5) is 6.42. The molecule has 1 fully saturated rings. The number of hydrogen-bond donors (Lipinski definition) is 0. The van der Waals surface area contributed by atoms with Crippen molar-refractivity contribution >= 4 is 0 Å². The average molecular weight is 347 g/mol. The second-order valence-corrected chi connectivity index (χ2v) is 7.98. The summed E-state index contributed by atoms with van der Waals surface area (Å²) in [5.74, 6) is 0.835. The van der Waals surface area contributed by atoms with Gasteiger partial charge in [0.15, 0.2) is 0 Å². The summed E-state index contributed by atoms with van der Waals surface area (Å²) < 4.78 is 10.7. The maximum atomic E-state index is 6.42. The van der Waals surface area contributed by atoms with Gasteiger partial charge in [-0.3, -0.25) is 4.84 Å². The molecule has 25 heavy (non-hydrogen) atoms. The fourth-order valence-electron chi connectivity index (χ4n) is 3.61. The Hall–Kier alpha value is -1.52. The third-order valence-electron chi connectivity index (χ3n) is 4.88. The van der Waals surface area contributed by atoms with Crippen molar-refractivity contribution in [1.82, 2.24) is 5.06 Å². The molecule has 1 heterocycles. The van der Waals surface area contributed by atoms with E-state index in [4.69, 9.17) is 14.3 Å². The molecule has 0 saturated carbocycles. The first-order valence-electron chi connectivity index (χ1n) is 9.19. The smallest absolute Gasteiger partial charge is 0.122 e. The molecule has 1 saturated heterocycles. The van der Waals surface area contributed by atoms with Crippen molar-refractivity contribution in [2.24, 2.45) is 0 Å². The summed E-state index contributed by atoms with van der Waals surface area (Å²) in [5, 5.41) is 2.21. The van der Waals surface area contributed by atoms with Gasteiger partial charge in [-0.1, -0.05) is 18.7 Å². The van der Waals surface area contributed by atoms with Crippen molar-refractivity contribution in [2.75, 3.05) is 13.2 Å². The summed E-state index contributed by atoms with van der Waals surface area (Å²) in [6.45, 7) is 15.7. The van der Waals surface area contributed by atoms with Gasteiger partial charge >= 0.3 is 0 Å². The Balaban J connectivity index is 1.97. The second kappa shape index (κ2) is 8.24. The Morgan fingerprint density at radius 1 is 1.08 bits per heavy atom. The van der Waals surface area contributed by atoms with Gasteiger partial charge in [0.1, 0.15) is 25.1 Å². The molecule has 1 atom stereocenters. The largest absolute Gasteiger partial charge is 0.498 e. The van der Waals surface area contributed by atoms with Crippen LogP contribution in [0.15, 0.2) is 37.1 Å². The molecule has 0 aliphatic carbocycles. The first kappa shape index (κ1) is 19.8. The fraction of sp³-hybridized carbons (Fsp3) is 0.619. The van der Waals surface area contributed by atoms with Crippen LogP contribution in [-0.2, 0) is 9.57 Å². The van der Waals surface area contributed by atoms with Crippen LogP contribution in [0.5, 0.6) is 5.75 Å². The Labute approximate surface area is 152 Å². The van der Waals surface area contributed by atoms with Gasteiger partial charge < -0.3 is 9.47 Å². The van der Waals surface area contributed by atoms with E-state index in [9.17, 15) is 0 Å². The number of nitrogens with zero attached hydrogens (tertiary/aromatic N) is 1. The lowest BCUT2D eigenvalue weighted by Crippen LogP contribution is -2.58. The SMILES string of the molecule is C=COCCOc1ccc(C(C)ON2C(C)(C)CCCC2(C)C)cc1. The van der Waals surface area contributed by atoms with Crippen LogP contribution >= 0.6 is 0 Å². The molecule has 1 aromatic rings. The highest BCUT2D eigenvalue weighted by molar-refractivity contribution is 5.28. The van der Waals surface area contributed by atoms with Crippen LogP contribution in [0.4, 0.5) is 0 Å². The van der Waals surface area contributed by atoms with Crippen molar-refractivity contribution in [1.29, 1.82) is 0 Å². The lowest BCUT2D eigenvalue weighted by atomic mass is 9.82. The van der Waals surface area contributed by atoms with Crippen LogP contribution in [0.1, 0.15) is 65.5 Å². The van der Waals surface area contributed by atoms with Gasteiger partial charge in [0, 0.05) is 11.1 Å². The molecule has 2 rings (SSSR count). The molecule has 1 aliphatic heterocycles. The monoisotopic (exact) mass is 347 g/mol. The maximum absolute atomic E-state index is 6.42. The quantitative estimate of drug-likeness (QED) is 0.474. The van der Waals surface area contributed by atoms with E-state index < -0.39 is 0 Å². The standard InChI is InChI=1S/C21H33NO3/c1-7-23-15-16-24-19-11-9-18(10-12-19)17(2)25-22-20(3,4)13-8-14-21(22,5)6/h7,9-12,17H,1,8,13-16H2,2-6H3. The van der Waals surface area contributed by atoms with Crippen LogP contribution in [0, 0.1) is 0 Å². The zero-order valence-corrected chi connectivity index (χ0v) is 16.4. The van der Waals surface area contributed by atoms with Gasteiger partial charge in [0.2, 0.25) is 0 Å². The van der Waals surface area contributed by atoms with Crippen molar-refractivity contribution in [3.05, 3.63) is 42.7 Å². The molecule has 0 radical (unpaired) electrons. The predicted molar refractivity (Wildman–Crippen MR) is 101 cm³/mol. The highest BCUT2D eigenvalue weighted by Gasteiger charge is 2.43. The third-order valence-corrected chi connectivity index (χ3v) is 4.88. The van der Waals surface area contributed by atoms with Crippen LogP contribution in [0.25, 0.3) is 0 Å². The number of piperidine rings is 1. The minimum atomic E-state index is -0.00482. The van der Waals surface area contributed by atoms with Crippen LogP contribution in [0.3, 0.4) is 0 Å². The van der Waals surface area contributed by atoms with Crippen LogP contribution in [0.2, 0.25) is 0 Å². The average Bonchev–Trinajstić information content (AvgIpc) is 2.55. The predicted octanol–water partition coefficient (Wildman–Crippen LogP) is 5.26. The summed E-state index contributed by atoms with van der Waals surface area (Å²) in [6, 6.07) is 8.10. The number of hydroxylamine groups is 2. The highest BCUT2D eigenvalue weighted by atomic mass is 16.7. The van der Waals surface area contributed by atoms with E-state index in [0.29, 0.717) is 13.2 Å². The normalized spacial score (nSPS) is 20.7. The molecule has 0 N–H and O–H groups in total. The molecule has 1 unspecified atom stereocenters. The molecule has 140 valence electrons. The van der Waals surface area contributed by atoms with Crippen molar-refractivity contribution in [2.45, 2.75) is 71.1 Å². The van der Waals surface area contributed by atoms with E-state index >= 15 is 0 Å². The number of hydrogen-bond acceptors (Lipinski definition) is 4. The second-order valence-electron chi connectivity index (χ2n) is 7.98. The van der Waals surface area contributed by atoms with E-state index in [-0.39, 0.29) is 17.2 Å². The van der Waals surface area contributed by atoms with E-state index in [1.807, 2.05) is 12.1 Å². The highest BCUT2D eigenvalue weighted by Crippen LogP contribution is 2.40. The van der Waals surface area contributed by atoms with Gasteiger partial charge in [-0.2, -0.15) is 5.06 Å². The molecule has 0 spiro atoms. The Bertz CT molecular complexity index is 535. The minimum absolute atomic E-state index is 0.00482. The van der Waals surface area contributed by atoms with E-state index in [1.54, 1.807) is 0 Å². The molecule has 0 aromatic heterocycles. The first-order chi connectivity index (χ1) is 11.8. The molecular formula is C21H33NO3. The molecule has 1 aliphatic rings. The first-order valence-corrected chi connectivity index (χ1v) is 9.19. The Kier molecular flexibility index (Phi) is 6.53. The lowest BCUT2D eigenvalue weighted by molar-refractivity contribution is -0.304. The van der Waals surface area contributed by atoms with Crippen molar-refractivity contribution < 1.29 is 14.3 Å². The van der Waals surface area contributed by atoms with E-state index in [2.05, 4.69) is 58.4 Å². The van der Waals surface area contributed by atoms with Crippen LogP contribution < -0.4 is 4.74 Å². The summed E-state index contributed by atoms with van der Waals surface area (Å²) in [6.07, 6.45) is 4.98. The number of rotatable bonds is 8. The van der Waals surface area contributed by atoms with E-state index in [0.717, 1.165) is 24.2 Å². The Morgan fingerprint density at radius 2 is 1.68 bits per heavy atom. The number of ether oxygens (including phenoxy) is 2. The van der Waals surface area contributed by atoms with Crippen molar-refractivity contribution in [3.63, 3.8) is 0 Å². The zero-order valence-electron chi connectivity index (χ0n) is 16.4. The zero-order chi connectivity index (χ0) is 18.5. The lowest BCUT2D eigenvalue weighted by Gasteiger charge is -2.52. The molecular weight excluding hydrogens is 314 g/mol. The van der Waals surface area contributed by atoms with Gasteiger partial charge in [-0.15, -0.1) is 0 Å². The summed E-state index contributed by atoms with van der Waals surface area (Å²) in [5.41, 5.74) is 1.24. The van der Waals surface area contributed by atoms with Crippen LogP contribution in [-0.4, -0.2) is 29.4 Å². The molecule has 0 bridgehead atoms. The molecule has 4 heteroatoms. The molecule has 1 aromatic carbocycles. The third kappa shape index (κ3) is 5.23.